The Kier molecular flexibility index (Phi) is 9.79. The van der Waals surface area contributed by atoms with E-state index >= 15 is 0 Å². The van der Waals surface area contributed by atoms with Gasteiger partial charge < -0.3 is 18.8 Å². The summed E-state index contributed by atoms with van der Waals surface area (Å²) in [6.45, 7) is 0.0564. The standard InChI is InChI=1S/C19H21F2N3O4S.Na.H/c1-12-16(22-7-6-17(12)27-9-3-8-26-2)11-29(25)19-23-14-5-4-13(28-18(20)21)10-15(14)24-19;;/h4-7,10,18H,3,8-9,11H2,1-2H3,(H,23,24);;. The van der Waals surface area contributed by atoms with Crippen LogP contribution in [0, 0.1) is 6.92 Å². The fourth-order valence-electron chi connectivity index (χ4n) is 2.68. The van der Waals surface area contributed by atoms with E-state index in [0.29, 0.717) is 35.7 Å². The normalized spacial score (nSPS) is 12.1. The maximum atomic E-state index is 12.8. The van der Waals surface area contributed by atoms with Crippen molar-refractivity contribution in [2.45, 2.75) is 30.9 Å². The van der Waals surface area contributed by atoms with Gasteiger partial charge in [0, 0.05) is 49.1 Å². The van der Waals surface area contributed by atoms with Crippen molar-refractivity contribution >= 4 is 51.8 Å². The van der Waals surface area contributed by atoms with Crippen LogP contribution in [0.3, 0.4) is 0 Å². The second kappa shape index (κ2) is 11.8. The third kappa shape index (κ3) is 6.53. The van der Waals surface area contributed by atoms with Crippen molar-refractivity contribution in [2.24, 2.45) is 0 Å². The number of fused-ring (bicyclic) bond motifs is 1. The van der Waals surface area contributed by atoms with Gasteiger partial charge in [-0.25, -0.2) is 0 Å². The van der Waals surface area contributed by atoms with Gasteiger partial charge in [-0.2, -0.15) is 13.8 Å². The quantitative estimate of drug-likeness (QED) is 0.291. The van der Waals surface area contributed by atoms with Gasteiger partial charge in [0.1, 0.15) is 11.5 Å². The molecule has 3 rings (SSSR count). The predicted molar refractivity (Wildman–Crippen MR) is 111 cm³/mol. The Morgan fingerprint density at radius 2 is 2.03 bits per heavy atom. The third-order valence-corrected chi connectivity index (χ3v) is 5.31. The molecule has 1 aromatic carbocycles. The monoisotopic (exact) mass is 449 g/mol. The van der Waals surface area contributed by atoms with Gasteiger partial charge in [-0.3, -0.25) is 9.97 Å². The zero-order valence-corrected chi connectivity index (χ0v) is 16.8. The van der Waals surface area contributed by atoms with Crippen LogP contribution in [0.4, 0.5) is 8.78 Å². The summed E-state index contributed by atoms with van der Waals surface area (Å²) >= 11 is -1.51. The number of halogens is 2. The number of H-pyrrole nitrogens is 1. The summed E-state index contributed by atoms with van der Waals surface area (Å²) in [5, 5.41) is 0.238. The van der Waals surface area contributed by atoms with Crippen molar-refractivity contribution in [1.29, 1.82) is 0 Å². The van der Waals surface area contributed by atoms with Gasteiger partial charge in [-0.05, 0) is 25.1 Å². The Bertz CT molecular complexity index is 961. The van der Waals surface area contributed by atoms with Gasteiger partial charge in [0.05, 0.1) is 23.3 Å². The first-order valence-electron chi connectivity index (χ1n) is 8.87. The third-order valence-electron chi connectivity index (χ3n) is 4.15. The molecule has 2 aromatic heterocycles. The van der Waals surface area contributed by atoms with Crippen LogP contribution >= 0.6 is 0 Å². The molecular weight excluding hydrogens is 427 g/mol. The van der Waals surface area contributed by atoms with E-state index in [9.17, 15) is 13.3 Å². The van der Waals surface area contributed by atoms with E-state index < -0.39 is 17.8 Å². The average Bonchev–Trinajstić information content (AvgIpc) is 3.11. The Morgan fingerprint density at radius 1 is 1.23 bits per heavy atom. The average molecular weight is 449 g/mol. The minimum absolute atomic E-state index is 0. The van der Waals surface area contributed by atoms with Crippen molar-refractivity contribution in [3.8, 4) is 11.5 Å². The zero-order chi connectivity index (χ0) is 20.8. The molecule has 0 radical (unpaired) electrons. The number of pyridine rings is 1. The molecule has 3 aromatic rings. The molecule has 7 nitrogen and oxygen atoms in total. The Morgan fingerprint density at radius 3 is 2.77 bits per heavy atom. The van der Waals surface area contributed by atoms with Crippen LogP contribution in [0.2, 0.25) is 0 Å². The summed E-state index contributed by atoms with van der Waals surface area (Å²) < 4.78 is 52.6. The Hall–Kier alpha value is -1.43. The predicted octanol–water partition coefficient (Wildman–Crippen LogP) is 2.94. The number of aromatic nitrogens is 3. The number of nitrogens with one attached hydrogen (secondary N) is 1. The van der Waals surface area contributed by atoms with E-state index in [4.69, 9.17) is 9.47 Å². The van der Waals surface area contributed by atoms with Crippen LogP contribution in [0.1, 0.15) is 17.7 Å². The van der Waals surface area contributed by atoms with Crippen molar-refractivity contribution in [3.05, 3.63) is 41.7 Å². The second-order valence-corrected chi connectivity index (χ2v) is 7.53. The molecule has 0 saturated heterocycles. The van der Waals surface area contributed by atoms with Crippen molar-refractivity contribution in [1.82, 2.24) is 15.0 Å². The number of hydrogen-bond donors (Lipinski definition) is 1. The first kappa shape index (κ1) is 24.8. The first-order valence-corrected chi connectivity index (χ1v) is 10.2. The van der Waals surface area contributed by atoms with Gasteiger partial charge in [0.25, 0.3) is 0 Å². The number of aromatic amines is 1. The number of rotatable bonds is 10. The van der Waals surface area contributed by atoms with Crippen LogP contribution in [-0.4, -0.2) is 76.0 Å². The van der Waals surface area contributed by atoms with E-state index in [1.165, 1.54) is 12.1 Å². The SMILES string of the molecule is COCCCOc1ccnc(C[S+]([O-])c2nc3cc(OC(F)F)ccc3[nH]2)c1C.[NaH]. The molecule has 0 aliphatic rings. The van der Waals surface area contributed by atoms with Gasteiger partial charge in [0.2, 0.25) is 0 Å². The molecule has 0 bridgehead atoms. The van der Waals surface area contributed by atoms with Gasteiger partial charge >= 0.3 is 41.3 Å². The van der Waals surface area contributed by atoms with Crippen LogP contribution < -0.4 is 9.47 Å². The van der Waals surface area contributed by atoms with E-state index in [1.807, 2.05) is 6.92 Å². The molecule has 0 fully saturated rings. The maximum absolute atomic E-state index is 12.8. The van der Waals surface area contributed by atoms with Crippen molar-refractivity contribution in [3.63, 3.8) is 0 Å². The second-order valence-electron chi connectivity index (χ2n) is 6.16. The van der Waals surface area contributed by atoms with Crippen molar-refractivity contribution in [2.75, 3.05) is 20.3 Å². The Labute approximate surface area is 198 Å². The summed E-state index contributed by atoms with van der Waals surface area (Å²) in [6, 6.07) is 6.09. The number of benzene rings is 1. The first-order chi connectivity index (χ1) is 14.0. The van der Waals surface area contributed by atoms with Crippen LogP contribution in [0.5, 0.6) is 11.5 Å². The molecule has 11 heteroatoms. The molecule has 0 amide bonds. The molecular formula is C19H22F2N3NaO4S. The fourth-order valence-corrected chi connectivity index (χ4v) is 3.79. The summed E-state index contributed by atoms with van der Waals surface area (Å²) in [5.41, 5.74) is 2.41. The zero-order valence-electron chi connectivity index (χ0n) is 16.0. The van der Waals surface area contributed by atoms with Gasteiger partial charge in [0.15, 0.2) is 5.75 Å². The molecule has 1 N–H and O–H groups in total. The number of imidazole rings is 1. The minimum atomic E-state index is -2.92. The number of alkyl halides is 2. The summed E-state index contributed by atoms with van der Waals surface area (Å²) in [5.74, 6) is 0.815. The molecule has 0 saturated carbocycles. The van der Waals surface area contributed by atoms with Crippen LogP contribution in [-0.2, 0) is 21.7 Å². The molecule has 0 aliphatic heterocycles. The summed E-state index contributed by atoms with van der Waals surface area (Å²) in [6.07, 6.45) is 2.37. The van der Waals surface area contributed by atoms with E-state index in [0.717, 1.165) is 12.0 Å². The van der Waals surface area contributed by atoms with Crippen molar-refractivity contribution < 1.29 is 27.5 Å². The molecule has 2 heterocycles. The van der Waals surface area contributed by atoms with E-state index in [-0.39, 0.29) is 46.2 Å². The molecule has 1 unspecified atom stereocenters. The number of methoxy groups -OCH3 is 1. The molecule has 0 spiro atoms. The molecule has 0 aliphatic carbocycles. The number of nitrogens with zero attached hydrogens (tertiary/aromatic N) is 2. The van der Waals surface area contributed by atoms with Crippen LogP contribution in [0.15, 0.2) is 35.6 Å². The molecule has 1 atom stereocenters. The van der Waals surface area contributed by atoms with E-state index in [2.05, 4.69) is 19.7 Å². The fraction of sp³-hybridized carbons (Fsp3) is 0.368. The summed E-state index contributed by atoms with van der Waals surface area (Å²) in [4.78, 5) is 11.5. The van der Waals surface area contributed by atoms with E-state index in [1.54, 1.807) is 25.4 Å². The molecule has 158 valence electrons. The van der Waals surface area contributed by atoms with Gasteiger partial charge in [-0.15, -0.1) is 0 Å². The topological polar surface area (TPSA) is 92.3 Å². The Balaban J connectivity index is 0.00000320. The molecule has 30 heavy (non-hydrogen) atoms. The van der Waals surface area contributed by atoms with Crippen LogP contribution in [0.25, 0.3) is 11.0 Å². The number of ether oxygens (including phenoxy) is 3. The summed E-state index contributed by atoms with van der Waals surface area (Å²) in [7, 11) is 1.63. The van der Waals surface area contributed by atoms with Gasteiger partial charge in [-0.1, -0.05) is 0 Å². The number of hydrogen-bond acceptors (Lipinski definition) is 6.